The molecule has 0 aliphatic rings. The van der Waals surface area contributed by atoms with Crippen LogP contribution >= 0.6 is 0 Å². The Hall–Kier alpha value is -2.56. The van der Waals surface area contributed by atoms with Crippen LogP contribution in [-0.4, -0.2) is 30.3 Å². The summed E-state index contributed by atoms with van der Waals surface area (Å²) in [5, 5.41) is 8.84. The van der Waals surface area contributed by atoms with Crippen LogP contribution in [0.2, 0.25) is 0 Å². The Bertz CT molecular complexity index is 571. The molecule has 0 fully saturated rings. The summed E-state index contributed by atoms with van der Waals surface area (Å²) < 4.78 is 10.6. The summed E-state index contributed by atoms with van der Waals surface area (Å²) in [4.78, 5) is 14.7. The van der Waals surface area contributed by atoms with E-state index in [1.54, 1.807) is 20.3 Å². The van der Waals surface area contributed by atoms with Gasteiger partial charge in [0, 0.05) is 11.8 Å². The van der Waals surface area contributed by atoms with Gasteiger partial charge in [-0.05, 0) is 18.2 Å². The zero-order valence-corrected chi connectivity index (χ0v) is 10.6. The normalized spacial score (nSPS) is 10.0. The maximum absolute atomic E-state index is 10.8. The van der Waals surface area contributed by atoms with Gasteiger partial charge in [-0.2, -0.15) is 0 Å². The number of benzene rings is 1. The van der Waals surface area contributed by atoms with Crippen molar-refractivity contribution >= 4 is 5.97 Å². The van der Waals surface area contributed by atoms with Gasteiger partial charge in [-0.15, -0.1) is 0 Å². The highest BCUT2D eigenvalue weighted by Gasteiger charge is 2.13. The standard InChI is InChI=1S/C14H13NO4/c1-18-11-4-3-5-12(19-2)13(11)9-6-7-10(14(16)17)15-8-9/h3-8H,1-2H3,(H,16,17). The van der Waals surface area contributed by atoms with Gasteiger partial charge in [0.1, 0.15) is 17.2 Å². The molecule has 0 spiro atoms. The summed E-state index contributed by atoms with van der Waals surface area (Å²) in [7, 11) is 3.13. The van der Waals surface area contributed by atoms with Crippen molar-refractivity contribution in [3.8, 4) is 22.6 Å². The fraction of sp³-hybridized carbons (Fsp3) is 0.143. The van der Waals surface area contributed by atoms with E-state index in [1.165, 1.54) is 12.3 Å². The molecule has 0 unspecified atom stereocenters. The topological polar surface area (TPSA) is 68.7 Å². The molecule has 0 bridgehead atoms. The summed E-state index contributed by atoms with van der Waals surface area (Å²) >= 11 is 0. The second-order valence-corrected chi connectivity index (χ2v) is 3.77. The predicted molar refractivity (Wildman–Crippen MR) is 69.7 cm³/mol. The maximum Gasteiger partial charge on any atom is 0.354 e. The van der Waals surface area contributed by atoms with Crippen LogP contribution in [0.5, 0.6) is 11.5 Å². The average molecular weight is 259 g/mol. The van der Waals surface area contributed by atoms with E-state index in [2.05, 4.69) is 4.98 Å². The Labute approximate surface area is 110 Å². The van der Waals surface area contributed by atoms with Crippen LogP contribution in [0.3, 0.4) is 0 Å². The second kappa shape index (κ2) is 5.39. The number of hydrogen-bond acceptors (Lipinski definition) is 4. The third-order valence-corrected chi connectivity index (χ3v) is 2.70. The lowest BCUT2D eigenvalue weighted by molar-refractivity contribution is 0.0690. The van der Waals surface area contributed by atoms with Crippen LogP contribution in [0.25, 0.3) is 11.1 Å². The molecule has 1 heterocycles. The number of methoxy groups -OCH3 is 2. The average Bonchev–Trinajstić information content (AvgIpc) is 2.46. The Morgan fingerprint density at radius 3 is 2.16 bits per heavy atom. The first kappa shape index (κ1) is 12.9. The third kappa shape index (κ3) is 2.49. The smallest absolute Gasteiger partial charge is 0.354 e. The van der Waals surface area contributed by atoms with E-state index in [0.29, 0.717) is 11.5 Å². The molecule has 0 aliphatic heterocycles. The summed E-state index contributed by atoms with van der Waals surface area (Å²) in [5.41, 5.74) is 1.48. The van der Waals surface area contributed by atoms with Crippen molar-refractivity contribution in [2.24, 2.45) is 0 Å². The molecule has 98 valence electrons. The van der Waals surface area contributed by atoms with E-state index in [0.717, 1.165) is 11.1 Å². The number of ether oxygens (including phenoxy) is 2. The molecule has 0 saturated carbocycles. The highest BCUT2D eigenvalue weighted by molar-refractivity contribution is 5.86. The van der Waals surface area contributed by atoms with E-state index < -0.39 is 5.97 Å². The number of carboxylic acid groups (broad SMARTS) is 1. The molecule has 0 aliphatic carbocycles. The Balaban J connectivity index is 2.54. The molecular formula is C14H13NO4. The number of rotatable bonds is 4. The lowest BCUT2D eigenvalue weighted by Crippen LogP contribution is -2.00. The molecule has 1 aromatic carbocycles. The molecule has 2 rings (SSSR count). The van der Waals surface area contributed by atoms with E-state index in [-0.39, 0.29) is 5.69 Å². The largest absolute Gasteiger partial charge is 0.496 e. The van der Waals surface area contributed by atoms with Crippen molar-refractivity contribution in [2.75, 3.05) is 14.2 Å². The van der Waals surface area contributed by atoms with Crippen LogP contribution in [0.1, 0.15) is 10.5 Å². The first-order chi connectivity index (χ1) is 9.17. The Morgan fingerprint density at radius 1 is 1.11 bits per heavy atom. The lowest BCUT2D eigenvalue weighted by Gasteiger charge is -2.12. The minimum absolute atomic E-state index is 0.00221. The molecule has 1 aromatic heterocycles. The SMILES string of the molecule is COc1cccc(OC)c1-c1ccc(C(=O)O)nc1. The van der Waals surface area contributed by atoms with Gasteiger partial charge in [0.25, 0.3) is 0 Å². The molecule has 0 radical (unpaired) electrons. The second-order valence-electron chi connectivity index (χ2n) is 3.77. The van der Waals surface area contributed by atoms with Crippen LogP contribution in [0.15, 0.2) is 36.5 Å². The number of carbonyl (C=O) groups is 1. The molecular weight excluding hydrogens is 246 g/mol. The lowest BCUT2D eigenvalue weighted by atomic mass is 10.0. The van der Waals surface area contributed by atoms with E-state index in [4.69, 9.17) is 14.6 Å². The van der Waals surface area contributed by atoms with Crippen LogP contribution < -0.4 is 9.47 Å². The van der Waals surface area contributed by atoms with Gasteiger partial charge in [-0.1, -0.05) is 12.1 Å². The van der Waals surface area contributed by atoms with Gasteiger partial charge in [0.15, 0.2) is 0 Å². The molecule has 5 nitrogen and oxygen atoms in total. The Morgan fingerprint density at radius 2 is 1.74 bits per heavy atom. The van der Waals surface area contributed by atoms with Crippen LogP contribution in [0, 0.1) is 0 Å². The Kier molecular flexibility index (Phi) is 3.66. The molecule has 5 heteroatoms. The fourth-order valence-electron chi connectivity index (χ4n) is 1.80. The predicted octanol–water partition coefficient (Wildman–Crippen LogP) is 2.46. The van der Waals surface area contributed by atoms with Gasteiger partial charge in [0.2, 0.25) is 0 Å². The quantitative estimate of drug-likeness (QED) is 0.913. The maximum atomic E-state index is 10.8. The number of pyridine rings is 1. The molecule has 19 heavy (non-hydrogen) atoms. The summed E-state index contributed by atoms with van der Waals surface area (Å²) in [6, 6.07) is 8.56. The van der Waals surface area contributed by atoms with Crippen molar-refractivity contribution in [1.82, 2.24) is 4.98 Å². The number of hydrogen-bond donors (Lipinski definition) is 1. The molecule has 0 saturated heterocycles. The fourth-order valence-corrected chi connectivity index (χ4v) is 1.80. The number of carboxylic acids is 1. The third-order valence-electron chi connectivity index (χ3n) is 2.70. The van der Waals surface area contributed by atoms with E-state index in [9.17, 15) is 4.79 Å². The van der Waals surface area contributed by atoms with Crippen LogP contribution in [0.4, 0.5) is 0 Å². The van der Waals surface area contributed by atoms with E-state index >= 15 is 0 Å². The van der Waals surface area contributed by atoms with Gasteiger partial charge in [-0.25, -0.2) is 9.78 Å². The molecule has 0 amide bonds. The zero-order chi connectivity index (χ0) is 13.8. The minimum Gasteiger partial charge on any atom is -0.496 e. The summed E-state index contributed by atoms with van der Waals surface area (Å²) in [5.74, 6) is 0.229. The summed E-state index contributed by atoms with van der Waals surface area (Å²) in [6.07, 6.45) is 1.49. The van der Waals surface area contributed by atoms with Gasteiger partial charge >= 0.3 is 5.97 Å². The van der Waals surface area contributed by atoms with Crippen LogP contribution in [-0.2, 0) is 0 Å². The van der Waals surface area contributed by atoms with Gasteiger partial charge in [0.05, 0.1) is 19.8 Å². The number of nitrogens with zero attached hydrogens (tertiary/aromatic N) is 1. The van der Waals surface area contributed by atoms with E-state index in [1.807, 2.05) is 18.2 Å². The first-order valence-corrected chi connectivity index (χ1v) is 5.58. The highest BCUT2D eigenvalue weighted by atomic mass is 16.5. The highest BCUT2D eigenvalue weighted by Crippen LogP contribution is 2.37. The first-order valence-electron chi connectivity index (χ1n) is 5.58. The van der Waals surface area contributed by atoms with Gasteiger partial charge in [-0.3, -0.25) is 0 Å². The molecule has 2 aromatic rings. The minimum atomic E-state index is -1.06. The van der Waals surface area contributed by atoms with Crippen molar-refractivity contribution in [3.63, 3.8) is 0 Å². The van der Waals surface area contributed by atoms with Gasteiger partial charge < -0.3 is 14.6 Å². The summed E-state index contributed by atoms with van der Waals surface area (Å²) in [6.45, 7) is 0. The molecule has 0 atom stereocenters. The van der Waals surface area contributed by atoms with Crippen molar-refractivity contribution < 1.29 is 19.4 Å². The monoisotopic (exact) mass is 259 g/mol. The number of aromatic carboxylic acids is 1. The zero-order valence-electron chi connectivity index (χ0n) is 10.6. The van der Waals surface area contributed by atoms with Crippen molar-refractivity contribution in [1.29, 1.82) is 0 Å². The van der Waals surface area contributed by atoms with Crippen molar-refractivity contribution in [2.45, 2.75) is 0 Å². The molecule has 1 N–H and O–H groups in total. The van der Waals surface area contributed by atoms with Crippen molar-refractivity contribution in [3.05, 3.63) is 42.2 Å². The number of aromatic nitrogens is 1.